The molecule has 1 spiro atoms. The van der Waals surface area contributed by atoms with Gasteiger partial charge in [-0.2, -0.15) is 0 Å². The predicted molar refractivity (Wildman–Crippen MR) is 79.1 cm³/mol. The van der Waals surface area contributed by atoms with Crippen molar-refractivity contribution in [1.29, 1.82) is 0 Å². The molecule has 2 N–H and O–H groups in total. The molecule has 0 unspecified atom stereocenters. The van der Waals surface area contributed by atoms with Crippen molar-refractivity contribution in [1.82, 2.24) is 9.88 Å². The van der Waals surface area contributed by atoms with E-state index in [-0.39, 0.29) is 5.91 Å². The summed E-state index contributed by atoms with van der Waals surface area (Å²) in [5, 5.41) is 0. The van der Waals surface area contributed by atoms with Crippen LogP contribution in [0.3, 0.4) is 0 Å². The van der Waals surface area contributed by atoms with Crippen molar-refractivity contribution in [2.75, 3.05) is 18.8 Å². The van der Waals surface area contributed by atoms with Crippen molar-refractivity contribution < 1.29 is 4.79 Å². The Labute approximate surface area is 120 Å². The first kappa shape index (κ1) is 13.4. The van der Waals surface area contributed by atoms with Crippen molar-refractivity contribution >= 4 is 11.6 Å². The zero-order valence-electron chi connectivity index (χ0n) is 12.0. The van der Waals surface area contributed by atoms with Crippen LogP contribution < -0.4 is 5.73 Å². The van der Waals surface area contributed by atoms with E-state index in [9.17, 15) is 4.79 Å². The summed E-state index contributed by atoms with van der Waals surface area (Å²) in [6.07, 6.45) is 9.89. The van der Waals surface area contributed by atoms with Crippen LogP contribution in [0.5, 0.6) is 0 Å². The molecule has 1 saturated heterocycles. The Bertz CT molecular complexity index is 467. The predicted octanol–water partition coefficient (Wildman–Crippen LogP) is 2.39. The average molecular weight is 273 g/mol. The lowest BCUT2D eigenvalue weighted by Gasteiger charge is -2.39. The number of pyridine rings is 1. The van der Waals surface area contributed by atoms with Gasteiger partial charge >= 0.3 is 0 Å². The Hall–Kier alpha value is -1.58. The molecule has 2 fully saturated rings. The zero-order valence-corrected chi connectivity index (χ0v) is 12.0. The smallest absolute Gasteiger partial charge is 0.228 e. The van der Waals surface area contributed by atoms with Crippen molar-refractivity contribution in [2.45, 2.75) is 44.9 Å². The Morgan fingerprint density at radius 1 is 1.20 bits per heavy atom. The molecular formula is C16H23N3O. The van der Waals surface area contributed by atoms with Crippen molar-refractivity contribution in [2.24, 2.45) is 5.41 Å². The number of aromatic nitrogens is 1. The minimum Gasteiger partial charge on any atom is -0.397 e. The minimum atomic E-state index is 0.204. The third-order valence-electron chi connectivity index (χ3n) is 5.02. The Morgan fingerprint density at radius 3 is 2.50 bits per heavy atom. The number of piperidine rings is 1. The molecule has 1 aromatic rings. The van der Waals surface area contributed by atoms with Crippen LogP contribution in [0.1, 0.15) is 44.2 Å². The topological polar surface area (TPSA) is 59.2 Å². The number of hydrogen-bond acceptors (Lipinski definition) is 3. The normalized spacial score (nSPS) is 21.3. The number of rotatable bonds is 2. The molecule has 4 heteroatoms. The molecule has 2 aliphatic rings. The Kier molecular flexibility index (Phi) is 3.64. The van der Waals surface area contributed by atoms with Crippen LogP contribution in [-0.2, 0) is 11.2 Å². The first-order valence-corrected chi connectivity index (χ1v) is 7.65. The first-order valence-electron chi connectivity index (χ1n) is 7.65. The molecule has 0 aromatic carbocycles. The average Bonchev–Trinajstić information content (AvgIpc) is 2.90. The van der Waals surface area contributed by atoms with Crippen molar-refractivity contribution in [3.63, 3.8) is 0 Å². The highest BCUT2D eigenvalue weighted by atomic mass is 16.2. The molecule has 108 valence electrons. The minimum absolute atomic E-state index is 0.204. The molecule has 1 aliphatic carbocycles. The molecule has 3 rings (SSSR count). The maximum absolute atomic E-state index is 12.3. The van der Waals surface area contributed by atoms with Crippen molar-refractivity contribution in [3.05, 3.63) is 24.0 Å². The SMILES string of the molecule is Nc1ccc(CC(=O)N2CCC3(CCCC3)CC2)nc1. The number of nitrogens with zero attached hydrogens (tertiary/aromatic N) is 2. The van der Waals surface area contributed by atoms with Gasteiger partial charge in [-0.3, -0.25) is 9.78 Å². The quantitative estimate of drug-likeness (QED) is 0.900. The van der Waals surface area contributed by atoms with Gasteiger partial charge < -0.3 is 10.6 Å². The van der Waals surface area contributed by atoms with E-state index < -0.39 is 0 Å². The van der Waals surface area contributed by atoms with E-state index in [4.69, 9.17) is 5.73 Å². The van der Waals surface area contributed by atoms with Crippen LogP contribution in [0.4, 0.5) is 5.69 Å². The summed E-state index contributed by atoms with van der Waals surface area (Å²) < 4.78 is 0. The van der Waals surface area contributed by atoms with Gasteiger partial charge in [0.2, 0.25) is 5.91 Å². The molecular weight excluding hydrogens is 250 g/mol. The van der Waals surface area contributed by atoms with Gasteiger partial charge in [0.1, 0.15) is 0 Å². The maximum atomic E-state index is 12.3. The number of amides is 1. The van der Waals surface area contributed by atoms with Gasteiger partial charge in [-0.15, -0.1) is 0 Å². The number of nitrogen functional groups attached to an aromatic ring is 1. The summed E-state index contributed by atoms with van der Waals surface area (Å²) >= 11 is 0. The largest absolute Gasteiger partial charge is 0.397 e. The number of carbonyl (C=O) groups excluding carboxylic acids is 1. The van der Waals surface area contributed by atoms with Crippen LogP contribution in [0.25, 0.3) is 0 Å². The Morgan fingerprint density at radius 2 is 1.90 bits per heavy atom. The van der Waals surface area contributed by atoms with E-state index in [1.165, 1.54) is 38.5 Å². The number of anilines is 1. The second-order valence-corrected chi connectivity index (χ2v) is 6.35. The summed E-state index contributed by atoms with van der Waals surface area (Å²) in [6.45, 7) is 1.85. The summed E-state index contributed by atoms with van der Waals surface area (Å²) in [5.74, 6) is 0.204. The summed E-state index contributed by atoms with van der Waals surface area (Å²) in [6, 6.07) is 3.65. The van der Waals surface area contributed by atoms with Gasteiger partial charge in [0.25, 0.3) is 0 Å². The molecule has 1 aliphatic heterocycles. The first-order chi connectivity index (χ1) is 9.67. The lowest BCUT2D eigenvalue weighted by Crippen LogP contribution is -2.42. The van der Waals surface area contributed by atoms with E-state index in [1.807, 2.05) is 11.0 Å². The third-order valence-corrected chi connectivity index (χ3v) is 5.02. The molecule has 4 nitrogen and oxygen atoms in total. The van der Waals surface area contributed by atoms with Gasteiger partial charge in [0, 0.05) is 18.8 Å². The van der Waals surface area contributed by atoms with Crippen LogP contribution in [0.15, 0.2) is 18.3 Å². The molecule has 0 radical (unpaired) electrons. The highest BCUT2D eigenvalue weighted by molar-refractivity contribution is 5.78. The fraction of sp³-hybridized carbons (Fsp3) is 0.625. The van der Waals surface area contributed by atoms with E-state index >= 15 is 0 Å². The van der Waals surface area contributed by atoms with E-state index in [0.717, 1.165) is 18.8 Å². The second kappa shape index (κ2) is 5.43. The van der Waals surface area contributed by atoms with Crippen LogP contribution >= 0.6 is 0 Å². The molecule has 1 amide bonds. The lowest BCUT2D eigenvalue weighted by molar-refractivity contribution is -0.132. The zero-order chi connectivity index (χ0) is 14.0. The monoisotopic (exact) mass is 273 g/mol. The van der Waals surface area contributed by atoms with E-state index in [0.29, 0.717) is 17.5 Å². The molecule has 0 atom stereocenters. The standard InChI is InChI=1S/C16H23N3O/c17-13-3-4-14(18-12-13)11-15(20)19-9-7-16(8-10-19)5-1-2-6-16/h3-4,12H,1-2,5-11,17H2. The molecule has 2 heterocycles. The fourth-order valence-corrected chi connectivity index (χ4v) is 3.66. The van der Waals surface area contributed by atoms with Gasteiger partial charge in [-0.25, -0.2) is 0 Å². The number of likely N-dealkylation sites (tertiary alicyclic amines) is 1. The summed E-state index contributed by atoms with van der Waals surface area (Å²) in [4.78, 5) is 18.5. The maximum Gasteiger partial charge on any atom is 0.228 e. The fourth-order valence-electron chi connectivity index (χ4n) is 3.66. The molecule has 20 heavy (non-hydrogen) atoms. The number of hydrogen-bond donors (Lipinski definition) is 1. The highest BCUT2D eigenvalue weighted by Gasteiger charge is 2.37. The van der Waals surface area contributed by atoms with Crippen molar-refractivity contribution in [3.8, 4) is 0 Å². The summed E-state index contributed by atoms with van der Waals surface area (Å²) in [5.41, 5.74) is 7.63. The molecule has 1 saturated carbocycles. The Balaban J connectivity index is 1.55. The van der Waals surface area contributed by atoms with Crippen LogP contribution in [0, 0.1) is 5.41 Å². The number of nitrogens with two attached hydrogens (primary N) is 1. The molecule has 1 aromatic heterocycles. The van der Waals surface area contributed by atoms with Crippen LogP contribution in [-0.4, -0.2) is 28.9 Å². The summed E-state index contributed by atoms with van der Waals surface area (Å²) in [7, 11) is 0. The highest BCUT2D eigenvalue weighted by Crippen LogP contribution is 2.46. The molecule has 0 bridgehead atoms. The van der Waals surface area contributed by atoms with Gasteiger partial charge in [-0.05, 0) is 43.2 Å². The van der Waals surface area contributed by atoms with Gasteiger partial charge in [-0.1, -0.05) is 12.8 Å². The van der Waals surface area contributed by atoms with Gasteiger partial charge in [0.05, 0.1) is 18.3 Å². The number of carbonyl (C=O) groups is 1. The van der Waals surface area contributed by atoms with Gasteiger partial charge in [0.15, 0.2) is 0 Å². The lowest BCUT2D eigenvalue weighted by atomic mass is 9.77. The van der Waals surface area contributed by atoms with E-state index in [1.54, 1.807) is 12.3 Å². The van der Waals surface area contributed by atoms with Crippen LogP contribution in [0.2, 0.25) is 0 Å². The second-order valence-electron chi connectivity index (χ2n) is 6.35. The third kappa shape index (κ3) is 2.79. The van der Waals surface area contributed by atoms with E-state index in [2.05, 4.69) is 4.98 Å².